The first-order valence-corrected chi connectivity index (χ1v) is 8.25. The molecule has 0 unspecified atom stereocenters. The molecule has 0 amide bonds. The fourth-order valence-corrected chi connectivity index (χ4v) is 4.07. The normalized spacial score (nSPS) is 23.0. The number of nitro groups is 1. The molecular formula is C13H18N2O5S. The number of nitrogens with one attached hydrogen (secondary N) is 1. The van der Waals surface area contributed by atoms with Crippen LogP contribution in [-0.2, 0) is 10.0 Å². The van der Waals surface area contributed by atoms with Crippen molar-refractivity contribution in [3.05, 3.63) is 33.9 Å². The van der Waals surface area contributed by atoms with Crippen molar-refractivity contribution in [1.29, 1.82) is 0 Å². The van der Waals surface area contributed by atoms with E-state index in [1.54, 1.807) is 6.92 Å². The number of nitrogens with zero attached hydrogens (tertiary/aromatic N) is 1. The molecule has 0 aliphatic heterocycles. The Labute approximate surface area is 123 Å². The molecule has 0 bridgehead atoms. The third-order valence-corrected chi connectivity index (χ3v) is 5.34. The van der Waals surface area contributed by atoms with Crippen LogP contribution in [0.3, 0.4) is 0 Å². The second kappa shape index (κ2) is 6.08. The molecule has 2 N–H and O–H groups in total. The van der Waals surface area contributed by atoms with Crippen molar-refractivity contribution in [2.24, 2.45) is 0 Å². The summed E-state index contributed by atoms with van der Waals surface area (Å²) in [5.41, 5.74) is 0.156. The van der Waals surface area contributed by atoms with Gasteiger partial charge in [0.15, 0.2) is 0 Å². The molecule has 1 saturated carbocycles. The van der Waals surface area contributed by atoms with Gasteiger partial charge in [-0.05, 0) is 25.3 Å². The molecule has 2 atom stereocenters. The molecule has 1 fully saturated rings. The molecule has 0 aromatic heterocycles. The number of hydrogen-bond donors (Lipinski definition) is 2. The van der Waals surface area contributed by atoms with Gasteiger partial charge in [-0.25, -0.2) is 13.1 Å². The molecule has 2 rings (SSSR count). The van der Waals surface area contributed by atoms with Gasteiger partial charge in [-0.3, -0.25) is 10.1 Å². The summed E-state index contributed by atoms with van der Waals surface area (Å²) >= 11 is 0. The summed E-state index contributed by atoms with van der Waals surface area (Å²) in [6.07, 6.45) is 2.12. The maximum atomic E-state index is 12.4. The summed E-state index contributed by atoms with van der Waals surface area (Å²) in [4.78, 5) is 10.0. The maximum Gasteiger partial charge on any atom is 0.270 e. The topological polar surface area (TPSA) is 110 Å². The van der Waals surface area contributed by atoms with E-state index in [1.807, 2.05) is 0 Å². The predicted octanol–water partition coefficient (Wildman–Crippen LogP) is 1.49. The molecule has 1 aliphatic rings. The summed E-state index contributed by atoms with van der Waals surface area (Å²) in [7, 11) is -3.89. The van der Waals surface area contributed by atoms with Gasteiger partial charge < -0.3 is 5.11 Å². The molecule has 0 spiro atoms. The minimum absolute atomic E-state index is 0.116. The number of non-ortho nitro benzene ring substituents is 1. The number of benzene rings is 1. The molecule has 0 heterocycles. The van der Waals surface area contributed by atoms with Gasteiger partial charge in [0.25, 0.3) is 5.69 Å². The summed E-state index contributed by atoms with van der Waals surface area (Å²) in [6.45, 7) is 1.58. The first kappa shape index (κ1) is 15.9. The molecular weight excluding hydrogens is 296 g/mol. The fraction of sp³-hybridized carbons (Fsp3) is 0.538. The Hall–Kier alpha value is -1.51. The first-order valence-electron chi connectivity index (χ1n) is 6.77. The summed E-state index contributed by atoms with van der Waals surface area (Å²) < 4.78 is 27.3. The number of aliphatic hydroxyl groups excluding tert-OH is 1. The highest BCUT2D eigenvalue weighted by Crippen LogP contribution is 2.24. The van der Waals surface area contributed by atoms with Crippen LogP contribution in [0.15, 0.2) is 23.1 Å². The standard InChI is InChI=1S/C13H18N2O5S/c1-9-6-7-10(15(17)18)8-13(9)21(19,20)14-11-4-2-3-5-12(11)16/h6-8,11-12,14,16H,2-5H2,1H3/t11-,12-/m0/s1. The van der Waals surface area contributed by atoms with Crippen LogP contribution in [-0.4, -0.2) is 30.6 Å². The third kappa shape index (κ3) is 3.58. The van der Waals surface area contributed by atoms with Crippen molar-refractivity contribution in [2.75, 3.05) is 0 Å². The highest BCUT2D eigenvalue weighted by atomic mass is 32.2. The van der Waals surface area contributed by atoms with E-state index in [2.05, 4.69) is 4.72 Å². The van der Waals surface area contributed by atoms with Gasteiger partial charge in [-0.1, -0.05) is 18.9 Å². The predicted molar refractivity (Wildman–Crippen MR) is 76.4 cm³/mol. The Balaban J connectivity index is 2.30. The lowest BCUT2D eigenvalue weighted by molar-refractivity contribution is -0.385. The number of rotatable bonds is 4. The Kier molecular flexibility index (Phi) is 4.60. The highest BCUT2D eigenvalue weighted by molar-refractivity contribution is 7.89. The van der Waals surface area contributed by atoms with Gasteiger partial charge in [0.1, 0.15) is 0 Å². The first-order chi connectivity index (χ1) is 9.81. The van der Waals surface area contributed by atoms with E-state index in [9.17, 15) is 23.6 Å². The summed E-state index contributed by atoms with van der Waals surface area (Å²) in [5, 5.41) is 20.6. The van der Waals surface area contributed by atoms with E-state index in [4.69, 9.17) is 0 Å². The van der Waals surface area contributed by atoms with E-state index in [0.717, 1.165) is 18.9 Å². The second-order valence-electron chi connectivity index (χ2n) is 5.29. The lowest BCUT2D eigenvalue weighted by Gasteiger charge is -2.28. The average molecular weight is 314 g/mol. The number of nitro benzene ring substituents is 1. The monoisotopic (exact) mass is 314 g/mol. The van der Waals surface area contributed by atoms with Crippen molar-refractivity contribution >= 4 is 15.7 Å². The lowest BCUT2D eigenvalue weighted by Crippen LogP contribution is -2.45. The van der Waals surface area contributed by atoms with Crippen LogP contribution in [0.1, 0.15) is 31.2 Å². The van der Waals surface area contributed by atoms with Crippen LogP contribution in [0.4, 0.5) is 5.69 Å². The molecule has 1 aliphatic carbocycles. The van der Waals surface area contributed by atoms with Gasteiger partial charge in [-0.2, -0.15) is 0 Å². The van der Waals surface area contributed by atoms with Crippen LogP contribution in [0.25, 0.3) is 0 Å². The smallest absolute Gasteiger partial charge is 0.270 e. The van der Waals surface area contributed by atoms with Crippen molar-refractivity contribution in [3.8, 4) is 0 Å². The summed E-state index contributed by atoms with van der Waals surface area (Å²) in [5.74, 6) is 0. The molecule has 116 valence electrons. The average Bonchev–Trinajstić information content (AvgIpc) is 2.41. The largest absolute Gasteiger partial charge is 0.391 e. The molecule has 1 aromatic carbocycles. The Bertz CT molecular complexity index is 644. The maximum absolute atomic E-state index is 12.4. The van der Waals surface area contributed by atoms with Gasteiger partial charge in [0.05, 0.1) is 15.9 Å². The second-order valence-corrected chi connectivity index (χ2v) is 6.97. The molecule has 0 saturated heterocycles. The van der Waals surface area contributed by atoms with Crippen molar-refractivity contribution in [2.45, 2.75) is 49.6 Å². The van der Waals surface area contributed by atoms with Crippen LogP contribution in [0.2, 0.25) is 0 Å². The Morgan fingerprint density at radius 3 is 2.62 bits per heavy atom. The van der Waals surface area contributed by atoms with Gasteiger partial charge in [0.2, 0.25) is 10.0 Å². The summed E-state index contributed by atoms with van der Waals surface area (Å²) in [6, 6.07) is 3.18. The van der Waals surface area contributed by atoms with Crippen molar-refractivity contribution in [3.63, 3.8) is 0 Å². The van der Waals surface area contributed by atoms with Gasteiger partial charge in [0, 0.05) is 18.2 Å². The van der Waals surface area contributed by atoms with E-state index in [0.29, 0.717) is 18.4 Å². The van der Waals surface area contributed by atoms with Gasteiger partial charge in [-0.15, -0.1) is 0 Å². The van der Waals surface area contributed by atoms with Crippen LogP contribution in [0, 0.1) is 17.0 Å². The number of sulfonamides is 1. The quantitative estimate of drug-likeness (QED) is 0.646. The molecule has 8 heteroatoms. The van der Waals surface area contributed by atoms with Gasteiger partial charge >= 0.3 is 0 Å². The van der Waals surface area contributed by atoms with Crippen molar-refractivity contribution < 1.29 is 18.4 Å². The minimum atomic E-state index is -3.89. The van der Waals surface area contributed by atoms with E-state index in [-0.39, 0.29) is 10.6 Å². The van der Waals surface area contributed by atoms with Crippen molar-refractivity contribution in [1.82, 2.24) is 4.72 Å². The lowest BCUT2D eigenvalue weighted by atomic mass is 9.93. The molecule has 21 heavy (non-hydrogen) atoms. The molecule has 1 aromatic rings. The molecule has 0 radical (unpaired) electrons. The Morgan fingerprint density at radius 2 is 2.00 bits per heavy atom. The van der Waals surface area contributed by atoms with E-state index in [1.165, 1.54) is 12.1 Å². The minimum Gasteiger partial charge on any atom is -0.391 e. The Morgan fingerprint density at radius 1 is 1.33 bits per heavy atom. The SMILES string of the molecule is Cc1ccc([N+](=O)[O-])cc1S(=O)(=O)N[C@H]1CCCC[C@@H]1O. The van der Waals surface area contributed by atoms with E-state index >= 15 is 0 Å². The van der Waals surface area contributed by atoms with Crippen LogP contribution in [0.5, 0.6) is 0 Å². The highest BCUT2D eigenvalue weighted by Gasteiger charge is 2.29. The zero-order chi connectivity index (χ0) is 15.6. The zero-order valence-corrected chi connectivity index (χ0v) is 12.5. The number of aliphatic hydroxyl groups is 1. The fourth-order valence-electron chi connectivity index (χ4n) is 2.50. The zero-order valence-electron chi connectivity index (χ0n) is 11.7. The van der Waals surface area contributed by atoms with E-state index < -0.39 is 27.1 Å². The third-order valence-electron chi connectivity index (χ3n) is 3.71. The molecule has 7 nitrogen and oxygen atoms in total. The van der Waals surface area contributed by atoms with Crippen LogP contribution >= 0.6 is 0 Å². The number of aryl methyl sites for hydroxylation is 1. The van der Waals surface area contributed by atoms with Crippen LogP contribution < -0.4 is 4.72 Å². The number of hydrogen-bond acceptors (Lipinski definition) is 5.